The molecule has 0 amide bonds. The zero-order chi connectivity index (χ0) is 21.5. The maximum atomic E-state index is 11.1. The molecule has 0 radical (unpaired) electrons. The van der Waals surface area contributed by atoms with Gasteiger partial charge in [-0.3, -0.25) is 5.32 Å². The number of hydrogen-bond acceptors (Lipinski definition) is 3. The fourth-order valence-electron chi connectivity index (χ4n) is 4.06. The van der Waals surface area contributed by atoms with E-state index in [1.807, 2.05) is 42.7 Å². The summed E-state index contributed by atoms with van der Waals surface area (Å²) in [6, 6.07) is 14.1. The number of nitrogens with one attached hydrogen (secondary N) is 1. The molecule has 2 aromatic carbocycles. The van der Waals surface area contributed by atoms with E-state index >= 15 is 0 Å². The van der Waals surface area contributed by atoms with E-state index in [4.69, 9.17) is 11.6 Å². The van der Waals surface area contributed by atoms with Crippen LogP contribution in [0.4, 0.5) is 0 Å². The number of aliphatic hydroxyl groups excluding tert-OH is 1. The first kappa shape index (κ1) is 21.1. The number of nitrogens with zero attached hydrogens (tertiary/aromatic N) is 2. The maximum Gasteiger partial charge on any atom is 0.131 e. The molecule has 1 aliphatic rings. The van der Waals surface area contributed by atoms with Crippen molar-refractivity contribution in [2.45, 2.75) is 58.2 Å². The summed E-state index contributed by atoms with van der Waals surface area (Å²) in [5, 5.41) is 15.2. The average molecular weight is 424 g/mol. The standard InChI is InChI=1S/C25H30ClN3O/c1-16(2)23-27-11-12-29(23)22-14-18(17-5-9-21(26)10-6-17)13-19(15-22)24(30)28-25(3,4)20-7-8-20/h5-6,9-16,20,24,28,30H,7-8H2,1-4H3. The van der Waals surface area contributed by atoms with Gasteiger partial charge in [-0.25, -0.2) is 4.98 Å². The molecule has 0 aliphatic heterocycles. The molecule has 1 aromatic heterocycles. The Bertz CT molecular complexity index is 1020. The molecule has 1 saturated carbocycles. The number of aliphatic hydroxyl groups is 1. The van der Waals surface area contributed by atoms with E-state index in [2.05, 4.69) is 54.7 Å². The van der Waals surface area contributed by atoms with Crippen LogP contribution in [0.25, 0.3) is 16.8 Å². The van der Waals surface area contributed by atoms with Crippen molar-refractivity contribution < 1.29 is 5.11 Å². The predicted octanol–water partition coefficient (Wildman–Crippen LogP) is 6.09. The van der Waals surface area contributed by atoms with Gasteiger partial charge < -0.3 is 9.67 Å². The molecule has 0 spiro atoms. The van der Waals surface area contributed by atoms with Crippen molar-refractivity contribution in [1.82, 2.24) is 14.9 Å². The first-order valence-electron chi connectivity index (χ1n) is 10.6. The summed E-state index contributed by atoms with van der Waals surface area (Å²) in [6.45, 7) is 8.61. The molecule has 30 heavy (non-hydrogen) atoms. The topological polar surface area (TPSA) is 50.1 Å². The monoisotopic (exact) mass is 423 g/mol. The molecular weight excluding hydrogens is 394 g/mol. The quantitative estimate of drug-likeness (QED) is 0.452. The number of benzene rings is 2. The van der Waals surface area contributed by atoms with E-state index in [1.54, 1.807) is 0 Å². The highest BCUT2D eigenvalue weighted by Gasteiger charge is 2.38. The number of aromatic nitrogens is 2. The van der Waals surface area contributed by atoms with Crippen LogP contribution in [0.1, 0.15) is 64.1 Å². The molecule has 1 aliphatic carbocycles. The third-order valence-electron chi connectivity index (χ3n) is 6.00. The van der Waals surface area contributed by atoms with Gasteiger partial charge in [-0.1, -0.05) is 37.6 Å². The number of halogens is 1. The molecule has 4 rings (SSSR count). The van der Waals surface area contributed by atoms with Crippen LogP contribution in [0.15, 0.2) is 54.9 Å². The SMILES string of the molecule is CC(C)c1nccn1-c1cc(-c2ccc(Cl)cc2)cc(C(O)NC(C)(C)C2CC2)c1. The van der Waals surface area contributed by atoms with E-state index in [-0.39, 0.29) is 5.54 Å². The van der Waals surface area contributed by atoms with Crippen LogP contribution < -0.4 is 5.32 Å². The van der Waals surface area contributed by atoms with Gasteiger partial charge in [-0.05, 0) is 79.6 Å². The van der Waals surface area contributed by atoms with Crippen molar-refractivity contribution >= 4 is 11.6 Å². The van der Waals surface area contributed by atoms with Crippen LogP contribution in [-0.2, 0) is 0 Å². The van der Waals surface area contributed by atoms with Crippen LogP contribution in [0.3, 0.4) is 0 Å². The highest BCUT2D eigenvalue weighted by molar-refractivity contribution is 6.30. The number of hydrogen-bond donors (Lipinski definition) is 2. The minimum Gasteiger partial charge on any atom is -0.374 e. The highest BCUT2D eigenvalue weighted by atomic mass is 35.5. The van der Waals surface area contributed by atoms with Gasteiger partial charge in [0.05, 0.1) is 0 Å². The van der Waals surface area contributed by atoms with Crippen molar-refractivity contribution in [2.24, 2.45) is 5.92 Å². The summed E-state index contributed by atoms with van der Waals surface area (Å²) >= 11 is 6.09. The first-order chi connectivity index (χ1) is 14.2. The normalized spacial score (nSPS) is 15.6. The summed E-state index contributed by atoms with van der Waals surface area (Å²) < 4.78 is 2.10. The van der Waals surface area contributed by atoms with Gasteiger partial charge in [-0.2, -0.15) is 0 Å². The molecule has 1 fully saturated rings. The van der Waals surface area contributed by atoms with E-state index in [0.717, 1.165) is 28.2 Å². The Balaban J connectivity index is 1.77. The molecule has 158 valence electrons. The molecule has 1 heterocycles. The zero-order valence-electron chi connectivity index (χ0n) is 18.1. The van der Waals surface area contributed by atoms with Gasteiger partial charge in [0.1, 0.15) is 12.1 Å². The lowest BCUT2D eigenvalue weighted by atomic mass is 9.96. The highest BCUT2D eigenvalue weighted by Crippen LogP contribution is 2.40. The Morgan fingerprint density at radius 1 is 1.10 bits per heavy atom. The van der Waals surface area contributed by atoms with Crippen LogP contribution in [0, 0.1) is 5.92 Å². The Morgan fingerprint density at radius 3 is 2.43 bits per heavy atom. The molecule has 0 bridgehead atoms. The maximum absolute atomic E-state index is 11.1. The second-order valence-electron chi connectivity index (χ2n) is 9.17. The molecule has 5 heteroatoms. The lowest BCUT2D eigenvalue weighted by Crippen LogP contribution is -2.43. The van der Waals surface area contributed by atoms with Crippen LogP contribution in [0.5, 0.6) is 0 Å². The van der Waals surface area contributed by atoms with Crippen molar-refractivity contribution in [3.8, 4) is 16.8 Å². The summed E-state index contributed by atoms with van der Waals surface area (Å²) in [6.07, 6.45) is 5.49. The van der Waals surface area contributed by atoms with Gasteiger partial charge in [-0.15, -0.1) is 0 Å². The minimum absolute atomic E-state index is 0.103. The number of imidazole rings is 1. The van der Waals surface area contributed by atoms with E-state index in [0.29, 0.717) is 16.9 Å². The van der Waals surface area contributed by atoms with Crippen LogP contribution >= 0.6 is 11.6 Å². The van der Waals surface area contributed by atoms with E-state index in [1.165, 1.54) is 12.8 Å². The van der Waals surface area contributed by atoms with Gasteiger partial charge in [0.15, 0.2) is 0 Å². The third-order valence-corrected chi connectivity index (χ3v) is 6.26. The van der Waals surface area contributed by atoms with Crippen molar-refractivity contribution in [1.29, 1.82) is 0 Å². The third kappa shape index (κ3) is 4.46. The molecule has 2 N–H and O–H groups in total. The Kier molecular flexibility index (Phi) is 5.75. The summed E-state index contributed by atoms with van der Waals surface area (Å²) in [7, 11) is 0. The van der Waals surface area contributed by atoms with Crippen molar-refractivity contribution in [3.05, 3.63) is 71.3 Å². The van der Waals surface area contributed by atoms with Gasteiger partial charge >= 0.3 is 0 Å². The molecule has 1 atom stereocenters. The zero-order valence-corrected chi connectivity index (χ0v) is 18.8. The lowest BCUT2D eigenvalue weighted by molar-refractivity contribution is 0.0938. The number of rotatable bonds is 7. The van der Waals surface area contributed by atoms with Gasteiger partial charge in [0.2, 0.25) is 0 Å². The average Bonchev–Trinajstić information content (AvgIpc) is 3.45. The van der Waals surface area contributed by atoms with Crippen LogP contribution in [-0.4, -0.2) is 20.2 Å². The minimum atomic E-state index is -0.752. The van der Waals surface area contributed by atoms with Gasteiger partial charge in [0.25, 0.3) is 0 Å². The van der Waals surface area contributed by atoms with Crippen molar-refractivity contribution in [3.63, 3.8) is 0 Å². The van der Waals surface area contributed by atoms with Crippen LogP contribution in [0.2, 0.25) is 5.02 Å². The lowest BCUT2D eigenvalue weighted by Gasteiger charge is -2.30. The summed E-state index contributed by atoms with van der Waals surface area (Å²) in [4.78, 5) is 4.54. The smallest absolute Gasteiger partial charge is 0.131 e. The molecule has 0 saturated heterocycles. The molecule has 4 nitrogen and oxygen atoms in total. The second kappa shape index (κ2) is 8.18. The predicted molar refractivity (Wildman–Crippen MR) is 123 cm³/mol. The first-order valence-corrected chi connectivity index (χ1v) is 11.0. The molecular formula is C25H30ClN3O. The van der Waals surface area contributed by atoms with E-state index < -0.39 is 6.23 Å². The Hall–Kier alpha value is -2.14. The fourth-order valence-corrected chi connectivity index (χ4v) is 4.19. The van der Waals surface area contributed by atoms with E-state index in [9.17, 15) is 5.11 Å². The Labute approximate surface area is 183 Å². The van der Waals surface area contributed by atoms with Crippen molar-refractivity contribution in [2.75, 3.05) is 0 Å². The summed E-state index contributed by atoms with van der Waals surface area (Å²) in [5.74, 6) is 1.90. The second-order valence-corrected chi connectivity index (χ2v) is 9.61. The Morgan fingerprint density at radius 2 is 1.80 bits per heavy atom. The molecule has 3 aromatic rings. The summed E-state index contributed by atoms with van der Waals surface area (Å²) in [5.41, 5.74) is 3.82. The fraction of sp³-hybridized carbons (Fsp3) is 0.400. The van der Waals surface area contributed by atoms with Gasteiger partial charge in [0, 0.05) is 34.6 Å². The molecule has 1 unspecified atom stereocenters. The largest absolute Gasteiger partial charge is 0.374 e.